The van der Waals surface area contributed by atoms with Gasteiger partial charge in [-0.2, -0.15) is 5.10 Å². The number of nitrogens with zero attached hydrogens (tertiary/aromatic N) is 4. The standard InChI is InChI=1S/C21H26N6OS/c1-2-3-12-29-21-24-19(13-20(25-21)27-8-10-28-11-9-27)26-23-15-16-14-22-18-7-5-4-6-17(16)18/h4-7,13-15,22H,2-3,8-12H2,1H3,(H,24,25,26)/b23-15+. The van der Waals surface area contributed by atoms with E-state index >= 15 is 0 Å². The van der Waals surface area contributed by atoms with Crippen LogP contribution in [0.3, 0.4) is 0 Å². The number of H-pyrrole nitrogens is 1. The highest BCUT2D eigenvalue weighted by Gasteiger charge is 2.15. The predicted molar refractivity (Wildman–Crippen MR) is 120 cm³/mol. The Hall–Kier alpha value is -2.58. The van der Waals surface area contributed by atoms with E-state index in [1.807, 2.05) is 30.6 Å². The number of hydrogen-bond donors (Lipinski definition) is 2. The second-order valence-corrected chi connectivity index (χ2v) is 7.92. The molecule has 1 aliphatic rings. The number of para-hydroxylation sites is 1. The zero-order valence-electron chi connectivity index (χ0n) is 16.6. The van der Waals surface area contributed by atoms with E-state index in [2.05, 4.69) is 44.5 Å². The largest absolute Gasteiger partial charge is 0.378 e. The van der Waals surface area contributed by atoms with Crippen LogP contribution in [0.2, 0.25) is 0 Å². The minimum absolute atomic E-state index is 0.705. The summed E-state index contributed by atoms with van der Waals surface area (Å²) in [4.78, 5) is 14.9. The number of morpholine rings is 1. The Morgan fingerprint density at radius 2 is 2.14 bits per heavy atom. The number of rotatable bonds is 8. The number of aromatic amines is 1. The van der Waals surface area contributed by atoms with E-state index in [4.69, 9.17) is 9.72 Å². The molecule has 1 fully saturated rings. The van der Waals surface area contributed by atoms with Crippen LogP contribution in [0.15, 0.2) is 46.8 Å². The summed E-state index contributed by atoms with van der Waals surface area (Å²) in [5, 5.41) is 6.35. The van der Waals surface area contributed by atoms with Crippen LogP contribution in [0, 0.1) is 0 Å². The molecule has 0 unspecified atom stereocenters. The maximum atomic E-state index is 5.47. The predicted octanol–water partition coefficient (Wildman–Crippen LogP) is 4.13. The summed E-state index contributed by atoms with van der Waals surface area (Å²) in [6.07, 6.45) is 6.09. The number of anilines is 2. The van der Waals surface area contributed by atoms with Crippen molar-refractivity contribution in [1.29, 1.82) is 0 Å². The van der Waals surface area contributed by atoms with Gasteiger partial charge in [-0.25, -0.2) is 9.97 Å². The van der Waals surface area contributed by atoms with Crippen molar-refractivity contribution in [2.45, 2.75) is 24.9 Å². The van der Waals surface area contributed by atoms with Crippen molar-refractivity contribution in [3.05, 3.63) is 42.1 Å². The van der Waals surface area contributed by atoms with Crippen molar-refractivity contribution in [3.63, 3.8) is 0 Å². The molecule has 0 amide bonds. The van der Waals surface area contributed by atoms with Gasteiger partial charge in [0.15, 0.2) is 11.0 Å². The van der Waals surface area contributed by atoms with E-state index in [0.717, 1.165) is 72.3 Å². The lowest BCUT2D eigenvalue weighted by atomic mass is 10.2. The quantitative estimate of drug-likeness (QED) is 0.191. The summed E-state index contributed by atoms with van der Waals surface area (Å²) in [6, 6.07) is 10.1. The number of ether oxygens (including phenoxy) is 1. The Kier molecular flexibility index (Phi) is 6.63. The molecular weight excluding hydrogens is 384 g/mol. The molecule has 2 N–H and O–H groups in total. The number of thioether (sulfide) groups is 1. The third-order valence-corrected chi connectivity index (χ3v) is 5.69. The minimum atomic E-state index is 0.705. The zero-order chi connectivity index (χ0) is 19.9. The number of fused-ring (bicyclic) bond motifs is 1. The van der Waals surface area contributed by atoms with E-state index < -0.39 is 0 Å². The molecule has 0 radical (unpaired) electrons. The number of benzene rings is 1. The molecule has 1 saturated heterocycles. The number of hydrazone groups is 1. The SMILES string of the molecule is CCCCSc1nc(N/N=C/c2c[nH]c3ccccc23)cc(N2CCOCC2)n1. The molecule has 152 valence electrons. The van der Waals surface area contributed by atoms with Crippen LogP contribution < -0.4 is 10.3 Å². The van der Waals surface area contributed by atoms with Gasteiger partial charge < -0.3 is 14.6 Å². The number of unbranched alkanes of at least 4 members (excludes halogenated alkanes) is 1. The van der Waals surface area contributed by atoms with Crippen LogP contribution in [0.1, 0.15) is 25.3 Å². The van der Waals surface area contributed by atoms with Crippen LogP contribution in [0.5, 0.6) is 0 Å². The topological polar surface area (TPSA) is 78.4 Å². The van der Waals surface area contributed by atoms with Gasteiger partial charge in [-0.15, -0.1) is 0 Å². The average molecular weight is 411 g/mol. The molecule has 2 aromatic heterocycles. The molecule has 1 aromatic carbocycles. The molecule has 0 aliphatic carbocycles. The summed E-state index contributed by atoms with van der Waals surface area (Å²) in [5.74, 6) is 2.64. The molecule has 8 heteroatoms. The molecule has 0 bridgehead atoms. The van der Waals surface area contributed by atoms with E-state index in [-0.39, 0.29) is 0 Å². The Labute approximate surface area is 175 Å². The lowest BCUT2D eigenvalue weighted by molar-refractivity contribution is 0.122. The fourth-order valence-electron chi connectivity index (χ4n) is 3.17. The number of nitrogens with one attached hydrogen (secondary N) is 2. The monoisotopic (exact) mass is 410 g/mol. The first-order valence-electron chi connectivity index (χ1n) is 10.0. The van der Waals surface area contributed by atoms with Gasteiger partial charge in [-0.1, -0.05) is 43.3 Å². The van der Waals surface area contributed by atoms with Crippen molar-refractivity contribution >= 4 is 40.5 Å². The van der Waals surface area contributed by atoms with Gasteiger partial charge in [0.25, 0.3) is 0 Å². The van der Waals surface area contributed by atoms with Crippen molar-refractivity contribution in [2.75, 3.05) is 42.4 Å². The third-order valence-electron chi connectivity index (χ3n) is 4.76. The summed E-state index contributed by atoms with van der Waals surface area (Å²) in [6.45, 7) is 5.33. The molecule has 7 nitrogen and oxygen atoms in total. The minimum Gasteiger partial charge on any atom is -0.378 e. The van der Waals surface area contributed by atoms with E-state index in [9.17, 15) is 0 Å². The van der Waals surface area contributed by atoms with Gasteiger partial charge in [0.1, 0.15) is 5.82 Å². The summed E-state index contributed by atoms with van der Waals surface area (Å²) in [5.41, 5.74) is 5.22. The number of hydrogen-bond acceptors (Lipinski definition) is 7. The first-order valence-corrected chi connectivity index (χ1v) is 11.0. The van der Waals surface area contributed by atoms with Gasteiger partial charge in [-0.3, -0.25) is 5.43 Å². The highest BCUT2D eigenvalue weighted by atomic mass is 32.2. The highest BCUT2D eigenvalue weighted by Crippen LogP contribution is 2.23. The Balaban J connectivity index is 1.52. The van der Waals surface area contributed by atoms with Crippen LogP contribution in [-0.4, -0.2) is 53.2 Å². The van der Waals surface area contributed by atoms with Crippen molar-refractivity contribution in [3.8, 4) is 0 Å². The van der Waals surface area contributed by atoms with Crippen LogP contribution in [0.4, 0.5) is 11.6 Å². The summed E-state index contributed by atoms with van der Waals surface area (Å²) in [7, 11) is 0. The van der Waals surface area contributed by atoms with Crippen LogP contribution in [0.25, 0.3) is 10.9 Å². The Morgan fingerprint density at radius 1 is 1.28 bits per heavy atom. The molecule has 4 rings (SSSR count). The first kappa shape index (κ1) is 19.7. The van der Waals surface area contributed by atoms with Crippen molar-refractivity contribution in [2.24, 2.45) is 5.10 Å². The average Bonchev–Trinajstić information content (AvgIpc) is 3.18. The Bertz CT molecular complexity index is 967. The first-order chi connectivity index (χ1) is 14.3. The van der Waals surface area contributed by atoms with Gasteiger partial charge in [0.05, 0.1) is 19.4 Å². The fourth-order valence-corrected chi connectivity index (χ4v) is 4.10. The second-order valence-electron chi connectivity index (χ2n) is 6.85. The molecule has 0 spiro atoms. The summed E-state index contributed by atoms with van der Waals surface area (Å²) < 4.78 is 5.47. The van der Waals surface area contributed by atoms with Gasteiger partial charge in [0, 0.05) is 47.6 Å². The van der Waals surface area contributed by atoms with E-state index in [1.54, 1.807) is 11.8 Å². The van der Waals surface area contributed by atoms with Crippen molar-refractivity contribution in [1.82, 2.24) is 15.0 Å². The van der Waals surface area contributed by atoms with Gasteiger partial charge in [0.2, 0.25) is 0 Å². The Morgan fingerprint density at radius 3 is 3.00 bits per heavy atom. The molecular formula is C21H26N6OS. The lowest BCUT2D eigenvalue weighted by Crippen LogP contribution is -2.36. The molecule has 0 atom stereocenters. The third kappa shape index (κ3) is 5.07. The normalized spacial score (nSPS) is 14.7. The maximum absolute atomic E-state index is 5.47. The molecule has 29 heavy (non-hydrogen) atoms. The van der Waals surface area contributed by atoms with E-state index in [1.165, 1.54) is 0 Å². The van der Waals surface area contributed by atoms with Crippen LogP contribution in [-0.2, 0) is 4.74 Å². The van der Waals surface area contributed by atoms with Gasteiger partial charge >= 0.3 is 0 Å². The molecule has 0 saturated carbocycles. The highest BCUT2D eigenvalue weighted by molar-refractivity contribution is 7.99. The molecule has 3 aromatic rings. The van der Waals surface area contributed by atoms with Gasteiger partial charge in [-0.05, 0) is 12.5 Å². The van der Waals surface area contributed by atoms with E-state index in [0.29, 0.717) is 5.82 Å². The smallest absolute Gasteiger partial charge is 0.191 e. The number of aromatic nitrogens is 3. The zero-order valence-corrected chi connectivity index (χ0v) is 17.4. The second kappa shape index (κ2) is 9.76. The van der Waals surface area contributed by atoms with Crippen molar-refractivity contribution < 1.29 is 4.74 Å². The summed E-state index contributed by atoms with van der Waals surface area (Å²) >= 11 is 1.69. The molecule has 3 heterocycles. The maximum Gasteiger partial charge on any atom is 0.191 e. The lowest BCUT2D eigenvalue weighted by Gasteiger charge is -2.28. The van der Waals surface area contributed by atoms with Crippen LogP contribution >= 0.6 is 11.8 Å². The fraction of sp³-hybridized carbons (Fsp3) is 0.381. The molecule has 1 aliphatic heterocycles.